The van der Waals surface area contributed by atoms with Crippen molar-refractivity contribution in [1.82, 2.24) is 4.90 Å². The lowest BCUT2D eigenvalue weighted by Crippen LogP contribution is -2.56. The molecule has 1 aromatic rings. The third kappa shape index (κ3) is 1.69. The Morgan fingerprint density at radius 2 is 2.32 bits per heavy atom. The quantitative estimate of drug-likeness (QED) is 0.749. The zero-order chi connectivity index (χ0) is 15.5. The Hall–Kier alpha value is -1.60. The largest absolute Gasteiger partial charge is 0.489 e. The molecule has 0 aromatic heterocycles. The molecule has 116 valence electrons. The lowest BCUT2D eigenvalue weighted by Gasteiger charge is -2.45. The summed E-state index contributed by atoms with van der Waals surface area (Å²) in [6.45, 7) is 1.07. The molecule has 0 aliphatic carbocycles. The van der Waals surface area contributed by atoms with Crippen LogP contribution in [-0.4, -0.2) is 43.1 Å². The van der Waals surface area contributed by atoms with Gasteiger partial charge in [0.25, 0.3) is 5.91 Å². The van der Waals surface area contributed by atoms with Gasteiger partial charge in [-0.25, -0.2) is 4.99 Å². The third-order valence-corrected chi connectivity index (χ3v) is 5.22. The first kappa shape index (κ1) is 14.0. The van der Waals surface area contributed by atoms with Crippen LogP contribution in [0.2, 0.25) is 0 Å². The standard InChI is InChI=1S/C15H16BrN3O3/c1-19-13(20)15(18-14(19)17)9-6-8(16)2-3-11(9)22-12-4-5-21-7-10(12)15/h2-3,6,10,12H,4-5,7H2,1H3,(H2,17,18). The van der Waals surface area contributed by atoms with Crippen LogP contribution in [0.25, 0.3) is 0 Å². The van der Waals surface area contributed by atoms with Gasteiger partial charge >= 0.3 is 0 Å². The second-order valence-corrected chi connectivity index (χ2v) is 6.78. The summed E-state index contributed by atoms with van der Waals surface area (Å²) in [7, 11) is 1.65. The van der Waals surface area contributed by atoms with E-state index >= 15 is 0 Å². The minimum atomic E-state index is -1.04. The fourth-order valence-corrected chi connectivity index (χ4v) is 3.96. The van der Waals surface area contributed by atoms with Crippen molar-refractivity contribution in [3.05, 3.63) is 28.2 Å². The van der Waals surface area contributed by atoms with Gasteiger partial charge in [-0.1, -0.05) is 15.9 Å². The van der Waals surface area contributed by atoms with Gasteiger partial charge in [0.05, 0.1) is 19.1 Å². The molecule has 6 nitrogen and oxygen atoms in total. The van der Waals surface area contributed by atoms with Crippen molar-refractivity contribution in [2.24, 2.45) is 16.6 Å². The average Bonchev–Trinajstić information content (AvgIpc) is 2.74. The van der Waals surface area contributed by atoms with Crippen LogP contribution in [0.3, 0.4) is 0 Å². The summed E-state index contributed by atoms with van der Waals surface area (Å²) in [6, 6.07) is 5.68. The zero-order valence-corrected chi connectivity index (χ0v) is 13.7. The highest BCUT2D eigenvalue weighted by molar-refractivity contribution is 9.10. The van der Waals surface area contributed by atoms with Crippen molar-refractivity contribution in [2.75, 3.05) is 20.3 Å². The van der Waals surface area contributed by atoms with Crippen LogP contribution in [0, 0.1) is 5.92 Å². The van der Waals surface area contributed by atoms with Crippen molar-refractivity contribution in [1.29, 1.82) is 0 Å². The maximum Gasteiger partial charge on any atom is 0.262 e. The molecule has 3 aliphatic heterocycles. The number of guanidine groups is 1. The number of nitrogens with zero attached hydrogens (tertiary/aromatic N) is 2. The monoisotopic (exact) mass is 365 g/mol. The van der Waals surface area contributed by atoms with Crippen LogP contribution in [-0.2, 0) is 15.1 Å². The molecule has 0 saturated carbocycles. The first-order chi connectivity index (χ1) is 10.5. The molecule has 22 heavy (non-hydrogen) atoms. The Morgan fingerprint density at radius 3 is 3.05 bits per heavy atom. The number of rotatable bonds is 0. The van der Waals surface area contributed by atoms with Crippen LogP contribution in [0.15, 0.2) is 27.7 Å². The molecule has 3 unspecified atom stereocenters. The van der Waals surface area contributed by atoms with Gasteiger partial charge in [0.1, 0.15) is 11.9 Å². The van der Waals surface area contributed by atoms with E-state index in [4.69, 9.17) is 15.2 Å². The molecule has 3 atom stereocenters. The molecule has 1 fully saturated rings. The second-order valence-electron chi connectivity index (χ2n) is 5.87. The molecule has 1 saturated heterocycles. The Bertz CT molecular complexity index is 693. The van der Waals surface area contributed by atoms with Gasteiger partial charge in [0.15, 0.2) is 11.5 Å². The van der Waals surface area contributed by atoms with Gasteiger partial charge in [-0.15, -0.1) is 0 Å². The van der Waals surface area contributed by atoms with E-state index in [0.29, 0.717) is 19.0 Å². The number of benzene rings is 1. The fourth-order valence-electron chi connectivity index (χ4n) is 3.59. The number of hydrogen-bond donors (Lipinski definition) is 1. The summed E-state index contributed by atoms with van der Waals surface area (Å²) in [5, 5.41) is 0. The Balaban J connectivity index is 1.97. The predicted octanol–water partition coefficient (Wildman–Crippen LogP) is 1.23. The van der Waals surface area contributed by atoms with E-state index in [1.54, 1.807) is 7.05 Å². The maximum atomic E-state index is 13.0. The molecule has 3 heterocycles. The van der Waals surface area contributed by atoms with Gasteiger partial charge < -0.3 is 15.2 Å². The minimum Gasteiger partial charge on any atom is -0.489 e. The number of ether oxygens (including phenoxy) is 2. The molecular formula is C15H16BrN3O3. The highest BCUT2D eigenvalue weighted by Crippen LogP contribution is 2.51. The number of fused-ring (bicyclic) bond motifs is 4. The summed E-state index contributed by atoms with van der Waals surface area (Å²) in [5.74, 6) is 0.654. The first-order valence-electron chi connectivity index (χ1n) is 7.22. The number of carbonyl (C=O) groups excluding carboxylic acids is 1. The fraction of sp³-hybridized carbons (Fsp3) is 0.467. The molecule has 1 amide bonds. The van der Waals surface area contributed by atoms with E-state index in [2.05, 4.69) is 20.9 Å². The SMILES string of the molecule is CN1C(=O)C2(N=C1N)c1cc(Br)ccc1OC1CCOCC12. The van der Waals surface area contributed by atoms with Gasteiger partial charge in [0.2, 0.25) is 0 Å². The summed E-state index contributed by atoms with van der Waals surface area (Å²) in [5.41, 5.74) is 5.67. The van der Waals surface area contributed by atoms with Crippen LogP contribution >= 0.6 is 15.9 Å². The summed E-state index contributed by atoms with van der Waals surface area (Å²) in [6.07, 6.45) is 0.656. The average molecular weight is 366 g/mol. The molecule has 0 bridgehead atoms. The molecule has 2 N–H and O–H groups in total. The molecular weight excluding hydrogens is 350 g/mol. The number of amides is 1. The van der Waals surface area contributed by atoms with Gasteiger partial charge in [-0.3, -0.25) is 9.69 Å². The van der Waals surface area contributed by atoms with Crippen molar-refractivity contribution in [3.8, 4) is 5.75 Å². The first-order valence-corrected chi connectivity index (χ1v) is 8.01. The lowest BCUT2D eigenvalue weighted by atomic mass is 9.72. The number of nitrogens with two attached hydrogens (primary N) is 1. The number of carbonyl (C=O) groups is 1. The minimum absolute atomic E-state index is 0.0885. The van der Waals surface area contributed by atoms with Crippen molar-refractivity contribution in [2.45, 2.75) is 18.1 Å². The van der Waals surface area contributed by atoms with E-state index in [0.717, 1.165) is 16.5 Å². The van der Waals surface area contributed by atoms with E-state index in [-0.39, 0.29) is 23.9 Å². The van der Waals surface area contributed by atoms with Crippen molar-refractivity contribution in [3.63, 3.8) is 0 Å². The Labute approximate surface area is 136 Å². The van der Waals surface area contributed by atoms with Crippen LogP contribution < -0.4 is 10.5 Å². The van der Waals surface area contributed by atoms with Crippen LogP contribution in [0.1, 0.15) is 12.0 Å². The van der Waals surface area contributed by atoms with Crippen molar-refractivity contribution >= 4 is 27.8 Å². The van der Waals surface area contributed by atoms with Gasteiger partial charge in [-0.05, 0) is 18.2 Å². The molecule has 1 aromatic carbocycles. The topological polar surface area (TPSA) is 77.2 Å². The van der Waals surface area contributed by atoms with Crippen LogP contribution in [0.4, 0.5) is 0 Å². The lowest BCUT2D eigenvalue weighted by molar-refractivity contribution is -0.141. The number of hydrogen-bond acceptors (Lipinski definition) is 5. The molecule has 4 rings (SSSR count). The summed E-state index contributed by atoms with van der Waals surface area (Å²) in [4.78, 5) is 19.0. The smallest absolute Gasteiger partial charge is 0.262 e. The van der Waals surface area contributed by atoms with E-state index in [9.17, 15) is 4.79 Å². The third-order valence-electron chi connectivity index (χ3n) is 4.73. The van der Waals surface area contributed by atoms with E-state index < -0.39 is 5.54 Å². The van der Waals surface area contributed by atoms with Crippen LogP contribution in [0.5, 0.6) is 5.75 Å². The Kier molecular flexibility index (Phi) is 2.99. The molecule has 7 heteroatoms. The van der Waals surface area contributed by atoms with Gasteiger partial charge in [0, 0.05) is 23.5 Å². The van der Waals surface area contributed by atoms with E-state index in [1.165, 1.54) is 4.90 Å². The highest BCUT2D eigenvalue weighted by Gasteiger charge is 2.60. The second kappa shape index (κ2) is 4.70. The summed E-state index contributed by atoms with van der Waals surface area (Å²) >= 11 is 3.47. The number of aliphatic imine (C=N–C) groups is 1. The van der Waals surface area contributed by atoms with Gasteiger partial charge in [-0.2, -0.15) is 0 Å². The zero-order valence-electron chi connectivity index (χ0n) is 12.1. The molecule has 3 aliphatic rings. The normalized spacial score (nSPS) is 33.3. The molecule has 1 spiro atoms. The number of halogens is 1. The predicted molar refractivity (Wildman–Crippen MR) is 83.6 cm³/mol. The van der Waals surface area contributed by atoms with Crippen molar-refractivity contribution < 1.29 is 14.3 Å². The summed E-state index contributed by atoms with van der Waals surface area (Å²) < 4.78 is 12.6. The number of likely N-dealkylation sites (N-methyl/N-ethyl adjacent to an activating group) is 1. The Morgan fingerprint density at radius 1 is 1.50 bits per heavy atom. The maximum absolute atomic E-state index is 13.0. The van der Waals surface area contributed by atoms with E-state index in [1.807, 2.05) is 18.2 Å². The highest BCUT2D eigenvalue weighted by atomic mass is 79.9. The molecule has 0 radical (unpaired) electrons.